The van der Waals surface area contributed by atoms with E-state index in [2.05, 4.69) is 16.1 Å². The Bertz CT molecular complexity index is 692. The van der Waals surface area contributed by atoms with Crippen LogP contribution < -0.4 is 0 Å². The second-order valence-electron chi connectivity index (χ2n) is 8.86. The molecule has 0 N–H and O–H groups in total. The first kappa shape index (κ1) is 24.3. The van der Waals surface area contributed by atoms with Gasteiger partial charge in [0.05, 0.1) is 0 Å². The van der Waals surface area contributed by atoms with Crippen molar-refractivity contribution in [1.82, 2.24) is 0 Å². The van der Waals surface area contributed by atoms with Crippen LogP contribution in [0.3, 0.4) is 0 Å². The molecule has 11 heteroatoms. The van der Waals surface area contributed by atoms with E-state index in [4.69, 9.17) is 4.74 Å². The number of carbonyl (C=O) groups excluding carboxylic acids is 2. The minimum absolute atomic E-state index is 0.00953. The van der Waals surface area contributed by atoms with Crippen molar-refractivity contribution in [3.63, 3.8) is 0 Å². The fraction of sp³-hybridized carbons (Fsp3) is 0.789. The molecule has 2 rings (SSSR count). The number of halogens is 6. The van der Waals surface area contributed by atoms with E-state index in [1.54, 1.807) is 0 Å². The van der Waals surface area contributed by atoms with Crippen molar-refractivity contribution in [2.45, 2.75) is 76.6 Å². The van der Waals surface area contributed by atoms with Crippen LogP contribution in [-0.2, 0) is 19.0 Å². The summed E-state index contributed by atoms with van der Waals surface area (Å²) in [5.41, 5.74) is -6.00. The molecule has 2 fully saturated rings. The van der Waals surface area contributed by atoms with E-state index in [1.807, 2.05) is 0 Å². The molecule has 172 valence electrons. The van der Waals surface area contributed by atoms with Crippen LogP contribution in [-0.4, -0.2) is 41.8 Å². The quantitative estimate of drug-likeness (QED) is 0.332. The molecule has 4 unspecified atom stereocenters. The SMILES string of the molecule is C=C(C)C(=O)OC1CC2CC1CC2C(OC(=O)OC(C)(C)C)(C(F)(F)F)C(F)(F)F. The van der Waals surface area contributed by atoms with Gasteiger partial charge >= 0.3 is 30.1 Å². The Hall–Kier alpha value is -1.94. The number of carbonyl (C=O) groups is 2. The molecule has 0 radical (unpaired) electrons. The smallest absolute Gasteiger partial charge is 0.459 e. The first-order valence-corrected chi connectivity index (χ1v) is 9.31. The molecule has 0 aromatic heterocycles. The van der Waals surface area contributed by atoms with Crippen LogP contribution in [0.1, 0.15) is 47.0 Å². The highest BCUT2D eigenvalue weighted by molar-refractivity contribution is 5.87. The summed E-state index contributed by atoms with van der Waals surface area (Å²) in [4.78, 5) is 23.6. The van der Waals surface area contributed by atoms with Crippen LogP contribution in [0.4, 0.5) is 31.1 Å². The molecule has 2 bridgehead atoms. The summed E-state index contributed by atoms with van der Waals surface area (Å²) in [6, 6.07) is 0. The maximum atomic E-state index is 13.9. The molecule has 0 aliphatic heterocycles. The van der Waals surface area contributed by atoms with Crippen molar-refractivity contribution in [2.24, 2.45) is 17.8 Å². The molecule has 0 aromatic rings. The molecular weight excluding hydrogens is 422 g/mol. The van der Waals surface area contributed by atoms with Crippen molar-refractivity contribution in [1.29, 1.82) is 0 Å². The van der Waals surface area contributed by atoms with Crippen molar-refractivity contribution >= 4 is 12.1 Å². The third kappa shape index (κ3) is 4.54. The van der Waals surface area contributed by atoms with Gasteiger partial charge in [0.2, 0.25) is 0 Å². The maximum absolute atomic E-state index is 13.9. The average molecular weight is 446 g/mol. The summed E-state index contributed by atoms with van der Waals surface area (Å²) in [5, 5.41) is 0. The van der Waals surface area contributed by atoms with Crippen molar-refractivity contribution in [2.75, 3.05) is 0 Å². The summed E-state index contributed by atoms with van der Waals surface area (Å²) >= 11 is 0. The minimum atomic E-state index is -5.93. The lowest BCUT2D eigenvalue weighted by Crippen LogP contribution is -2.65. The Balaban J connectivity index is 2.35. The third-order valence-corrected chi connectivity index (χ3v) is 5.40. The van der Waals surface area contributed by atoms with Gasteiger partial charge in [-0.05, 0) is 58.8 Å². The normalized spacial score (nSPS) is 27.0. The molecule has 30 heavy (non-hydrogen) atoms. The predicted octanol–water partition coefficient (Wildman–Crippen LogP) is 5.34. The molecule has 0 heterocycles. The number of ether oxygens (including phenoxy) is 3. The number of hydrogen-bond donors (Lipinski definition) is 0. The van der Waals surface area contributed by atoms with E-state index in [9.17, 15) is 35.9 Å². The summed E-state index contributed by atoms with van der Waals surface area (Å²) in [5.74, 6) is -4.65. The molecule has 4 atom stereocenters. The molecule has 0 amide bonds. The number of rotatable bonds is 4. The number of hydrogen-bond acceptors (Lipinski definition) is 5. The zero-order chi connectivity index (χ0) is 23.3. The van der Waals surface area contributed by atoms with Gasteiger partial charge in [-0.15, -0.1) is 0 Å². The lowest BCUT2D eigenvalue weighted by Gasteiger charge is -2.44. The fourth-order valence-electron chi connectivity index (χ4n) is 4.28. The van der Waals surface area contributed by atoms with Gasteiger partial charge in [-0.2, -0.15) is 26.3 Å². The molecule has 2 saturated carbocycles. The average Bonchev–Trinajstić information content (AvgIpc) is 3.08. The van der Waals surface area contributed by atoms with Gasteiger partial charge in [0, 0.05) is 11.5 Å². The Morgan fingerprint density at radius 3 is 1.77 bits per heavy atom. The van der Waals surface area contributed by atoms with E-state index in [-0.39, 0.29) is 18.4 Å². The van der Waals surface area contributed by atoms with E-state index < -0.39 is 66.0 Å². The van der Waals surface area contributed by atoms with Crippen molar-refractivity contribution in [3.8, 4) is 0 Å². The van der Waals surface area contributed by atoms with Crippen LogP contribution in [0.2, 0.25) is 0 Å². The number of esters is 1. The van der Waals surface area contributed by atoms with Crippen LogP contribution >= 0.6 is 0 Å². The van der Waals surface area contributed by atoms with Gasteiger partial charge in [0.25, 0.3) is 0 Å². The van der Waals surface area contributed by atoms with Crippen LogP contribution in [0.25, 0.3) is 0 Å². The van der Waals surface area contributed by atoms with Gasteiger partial charge in [0.1, 0.15) is 11.7 Å². The Morgan fingerprint density at radius 2 is 1.40 bits per heavy atom. The van der Waals surface area contributed by atoms with Gasteiger partial charge in [-0.25, -0.2) is 9.59 Å². The summed E-state index contributed by atoms with van der Waals surface area (Å²) in [7, 11) is 0. The largest absolute Gasteiger partial charge is 0.510 e. The Kier molecular flexibility index (Phi) is 6.19. The maximum Gasteiger partial charge on any atom is 0.510 e. The second-order valence-corrected chi connectivity index (χ2v) is 8.86. The van der Waals surface area contributed by atoms with Gasteiger partial charge in [-0.3, -0.25) is 0 Å². The zero-order valence-electron chi connectivity index (χ0n) is 16.9. The van der Waals surface area contributed by atoms with Gasteiger partial charge < -0.3 is 14.2 Å². The van der Waals surface area contributed by atoms with Crippen molar-refractivity contribution < 1.29 is 50.1 Å². The molecule has 2 aliphatic carbocycles. The standard InChI is InChI=1S/C19H24F6O5/c1-9(2)14(26)28-13-8-10-6-11(13)7-12(10)17(18(20,21)22,19(23,24)25)30-15(27)29-16(3,4)5/h10-13H,1,6-8H2,2-5H3. The summed E-state index contributed by atoms with van der Waals surface area (Å²) in [6.07, 6.45) is -15.5. The lowest BCUT2D eigenvalue weighted by molar-refractivity contribution is -0.390. The van der Waals surface area contributed by atoms with Crippen LogP contribution in [0.5, 0.6) is 0 Å². The number of fused-ring (bicyclic) bond motifs is 2. The fourth-order valence-corrected chi connectivity index (χ4v) is 4.28. The Labute approximate surface area is 169 Å². The predicted molar refractivity (Wildman–Crippen MR) is 91.2 cm³/mol. The van der Waals surface area contributed by atoms with Crippen molar-refractivity contribution in [3.05, 3.63) is 12.2 Å². The molecule has 2 aliphatic rings. The Morgan fingerprint density at radius 1 is 0.867 bits per heavy atom. The first-order chi connectivity index (χ1) is 13.4. The molecule has 0 spiro atoms. The van der Waals surface area contributed by atoms with E-state index >= 15 is 0 Å². The van der Waals surface area contributed by atoms with Crippen LogP contribution in [0, 0.1) is 17.8 Å². The van der Waals surface area contributed by atoms with E-state index in [0.29, 0.717) is 0 Å². The minimum Gasteiger partial charge on any atom is -0.459 e. The first-order valence-electron chi connectivity index (χ1n) is 9.31. The van der Waals surface area contributed by atoms with Crippen LogP contribution in [0.15, 0.2) is 12.2 Å². The summed E-state index contributed by atoms with van der Waals surface area (Å²) < 4.78 is 97.3. The van der Waals surface area contributed by atoms with E-state index in [0.717, 1.165) is 0 Å². The second kappa shape index (κ2) is 7.64. The molecule has 0 saturated heterocycles. The topological polar surface area (TPSA) is 61.8 Å². The van der Waals surface area contributed by atoms with E-state index in [1.165, 1.54) is 27.7 Å². The zero-order valence-corrected chi connectivity index (χ0v) is 16.9. The lowest BCUT2D eigenvalue weighted by atomic mass is 9.74. The van der Waals surface area contributed by atoms with Gasteiger partial charge in [-0.1, -0.05) is 6.58 Å². The summed E-state index contributed by atoms with van der Waals surface area (Å²) in [6.45, 7) is 8.64. The van der Waals surface area contributed by atoms with Gasteiger partial charge in [0.15, 0.2) is 0 Å². The highest BCUT2D eigenvalue weighted by Crippen LogP contribution is 2.62. The molecular formula is C19H24F6O5. The monoisotopic (exact) mass is 446 g/mol. The molecule has 0 aromatic carbocycles. The number of alkyl halides is 6. The third-order valence-electron chi connectivity index (χ3n) is 5.40. The highest BCUT2D eigenvalue weighted by Gasteiger charge is 2.80. The molecule has 5 nitrogen and oxygen atoms in total. The highest BCUT2D eigenvalue weighted by atomic mass is 19.4.